The zero-order chi connectivity index (χ0) is 19.3. The first kappa shape index (κ1) is 20.0. The van der Waals surface area contributed by atoms with Crippen molar-refractivity contribution < 1.29 is 19.4 Å². The number of nitrogens with one attached hydrogen (secondary N) is 1. The van der Waals surface area contributed by atoms with Gasteiger partial charge in [0.05, 0.1) is 19.2 Å². The lowest BCUT2D eigenvalue weighted by Crippen LogP contribution is -2.45. The second-order valence-electron chi connectivity index (χ2n) is 6.15. The molecule has 26 heavy (non-hydrogen) atoms. The number of hydrogen-bond donors (Lipinski definition) is 2. The maximum Gasteiger partial charge on any atom is 0.327 e. The molecule has 1 aromatic heterocycles. The van der Waals surface area contributed by atoms with E-state index in [9.17, 15) is 14.7 Å². The van der Waals surface area contributed by atoms with E-state index in [1.807, 2.05) is 31.2 Å². The van der Waals surface area contributed by atoms with E-state index in [0.717, 1.165) is 21.5 Å². The Balaban J connectivity index is 2.20. The Morgan fingerprint density at radius 1 is 1.35 bits per heavy atom. The molecule has 1 heterocycles. The highest BCUT2D eigenvalue weighted by Gasteiger charge is 2.21. The van der Waals surface area contributed by atoms with E-state index in [-0.39, 0.29) is 18.2 Å². The number of pyridine rings is 1. The Hall–Kier alpha value is -2.32. The monoisotopic (exact) mass is 377 g/mol. The molecule has 1 atom stereocenters. The quantitative estimate of drug-likeness (QED) is 0.678. The van der Waals surface area contributed by atoms with Crippen LogP contribution in [0, 0.1) is 6.92 Å². The molecule has 2 rings (SSSR count). The largest absolute Gasteiger partial charge is 0.497 e. The van der Waals surface area contributed by atoms with Crippen molar-refractivity contribution in [3.05, 3.63) is 30.0 Å². The number of carboxylic acid groups (broad SMARTS) is 1. The van der Waals surface area contributed by atoms with Gasteiger partial charge in [0.15, 0.2) is 0 Å². The summed E-state index contributed by atoms with van der Waals surface area (Å²) in [6.45, 7) is 2.03. The maximum absolute atomic E-state index is 11.9. The number of nitrogens with zero attached hydrogens (tertiary/aromatic N) is 2. The number of ether oxygens (including phenoxy) is 1. The first-order valence-electron chi connectivity index (χ1n) is 8.05. The summed E-state index contributed by atoms with van der Waals surface area (Å²) in [5.74, 6) is -0.457. The number of carbonyl (C=O) groups excluding carboxylic acids is 1. The second-order valence-corrected chi connectivity index (χ2v) is 7.21. The number of aryl methyl sites for hydroxylation is 1. The fourth-order valence-corrected chi connectivity index (χ4v) is 3.57. The molecule has 0 spiro atoms. The summed E-state index contributed by atoms with van der Waals surface area (Å²) >= 11 is 1.38. The average Bonchev–Trinajstić information content (AvgIpc) is 2.56. The molecule has 1 aromatic carbocycles. The molecule has 0 bridgehead atoms. The maximum atomic E-state index is 11.9. The fraction of sp³-hybridized carbons (Fsp3) is 0.389. The topological polar surface area (TPSA) is 91.8 Å². The smallest absolute Gasteiger partial charge is 0.327 e. The molecular formula is C18H23N3O4S. The van der Waals surface area contributed by atoms with E-state index in [2.05, 4.69) is 10.3 Å². The molecular weight excluding hydrogens is 354 g/mol. The van der Waals surface area contributed by atoms with Crippen molar-refractivity contribution in [3.8, 4) is 5.75 Å². The molecule has 0 aliphatic rings. The van der Waals surface area contributed by atoms with Crippen LogP contribution >= 0.6 is 11.8 Å². The molecule has 8 heteroatoms. The van der Waals surface area contributed by atoms with E-state index >= 15 is 0 Å². The molecule has 0 aliphatic heterocycles. The first-order valence-corrected chi connectivity index (χ1v) is 9.04. The highest BCUT2D eigenvalue weighted by atomic mass is 32.2. The van der Waals surface area contributed by atoms with Gasteiger partial charge in [-0.3, -0.25) is 9.78 Å². The number of rotatable bonds is 8. The Kier molecular flexibility index (Phi) is 6.82. The number of carboxylic acids is 1. The van der Waals surface area contributed by atoms with Crippen molar-refractivity contribution in [2.75, 3.05) is 33.5 Å². The molecule has 0 radical (unpaired) electrons. The van der Waals surface area contributed by atoms with E-state index in [1.165, 1.54) is 11.8 Å². The number of hydrogen-bond acceptors (Lipinski definition) is 6. The van der Waals surface area contributed by atoms with Crippen LogP contribution in [0.3, 0.4) is 0 Å². The number of aliphatic carboxylic acids is 1. The third-order valence-electron chi connectivity index (χ3n) is 3.60. The van der Waals surface area contributed by atoms with E-state index < -0.39 is 12.0 Å². The van der Waals surface area contributed by atoms with Gasteiger partial charge in [-0.1, -0.05) is 0 Å². The zero-order valence-corrected chi connectivity index (χ0v) is 16.1. The normalized spacial score (nSPS) is 12.2. The highest BCUT2D eigenvalue weighted by Crippen LogP contribution is 2.31. The first-order chi connectivity index (χ1) is 12.3. The van der Waals surface area contributed by atoms with Gasteiger partial charge in [0.2, 0.25) is 5.91 Å². The third-order valence-corrected chi connectivity index (χ3v) is 4.75. The van der Waals surface area contributed by atoms with Crippen LogP contribution < -0.4 is 10.1 Å². The van der Waals surface area contributed by atoms with Gasteiger partial charge < -0.3 is 20.1 Å². The van der Waals surface area contributed by atoms with Crippen LogP contribution in [0.4, 0.5) is 0 Å². The molecule has 7 nitrogen and oxygen atoms in total. The molecule has 1 amide bonds. The Labute approximate surface area is 156 Å². The summed E-state index contributed by atoms with van der Waals surface area (Å²) in [6, 6.07) is 6.53. The average molecular weight is 377 g/mol. The van der Waals surface area contributed by atoms with Crippen LogP contribution in [-0.2, 0) is 9.59 Å². The standard InChI is InChI=1S/C18H23N3O4S/c1-11-7-16(13-8-12(25-4)5-6-14(13)19-11)26-10-15(18(23)24)20-17(22)9-21(2)3/h5-8,15H,9-10H2,1-4H3,(H,20,22)(H,23,24). The van der Waals surface area contributed by atoms with Gasteiger partial charge >= 0.3 is 5.97 Å². The number of methoxy groups -OCH3 is 1. The van der Waals surface area contributed by atoms with Crippen LogP contribution in [0.1, 0.15) is 5.69 Å². The van der Waals surface area contributed by atoms with Crippen LogP contribution in [0.2, 0.25) is 0 Å². The number of likely N-dealkylation sites (N-methyl/N-ethyl adjacent to an activating group) is 1. The van der Waals surface area contributed by atoms with Gasteiger partial charge in [-0.15, -0.1) is 11.8 Å². The number of benzene rings is 1. The van der Waals surface area contributed by atoms with Crippen LogP contribution in [-0.4, -0.2) is 66.4 Å². The number of amides is 1. The number of fused-ring (bicyclic) bond motifs is 1. The van der Waals surface area contributed by atoms with Crippen molar-refractivity contribution in [1.82, 2.24) is 15.2 Å². The second kappa shape index (κ2) is 8.86. The predicted octanol–water partition coefficient (Wildman–Crippen LogP) is 1.77. The molecule has 2 aromatic rings. The molecule has 1 unspecified atom stereocenters. The summed E-state index contributed by atoms with van der Waals surface area (Å²) in [4.78, 5) is 30.5. The lowest BCUT2D eigenvalue weighted by Gasteiger charge is -2.17. The summed E-state index contributed by atoms with van der Waals surface area (Å²) in [6.07, 6.45) is 0. The van der Waals surface area contributed by atoms with Gasteiger partial charge in [-0.25, -0.2) is 4.79 Å². The summed E-state index contributed by atoms with van der Waals surface area (Å²) in [7, 11) is 5.10. The van der Waals surface area contributed by atoms with E-state index in [0.29, 0.717) is 5.75 Å². The van der Waals surface area contributed by atoms with Crippen LogP contribution in [0.25, 0.3) is 10.9 Å². The van der Waals surface area contributed by atoms with Gasteiger partial charge in [0.25, 0.3) is 0 Å². The van der Waals surface area contributed by atoms with Crippen molar-refractivity contribution in [3.63, 3.8) is 0 Å². The molecule has 2 N–H and O–H groups in total. The summed E-state index contributed by atoms with van der Waals surface area (Å²) in [5, 5.41) is 12.9. The fourth-order valence-electron chi connectivity index (χ4n) is 2.42. The van der Waals surface area contributed by atoms with Crippen molar-refractivity contribution in [2.45, 2.75) is 17.9 Å². The summed E-state index contributed by atoms with van der Waals surface area (Å²) in [5.41, 5.74) is 1.66. The summed E-state index contributed by atoms with van der Waals surface area (Å²) < 4.78 is 5.27. The van der Waals surface area contributed by atoms with Gasteiger partial charge in [-0.05, 0) is 45.3 Å². The van der Waals surface area contributed by atoms with Gasteiger partial charge in [0, 0.05) is 21.7 Å². The molecule has 140 valence electrons. The number of thioether (sulfide) groups is 1. The Bertz CT molecular complexity index is 810. The minimum atomic E-state index is -1.06. The lowest BCUT2D eigenvalue weighted by molar-refractivity contribution is -0.141. The number of carbonyl (C=O) groups is 2. The third kappa shape index (κ3) is 5.34. The minimum Gasteiger partial charge on any atom is -0.497 e. The predicted molar refractivity (Wildman–Crippen MR) is 102 cm³/mol. The van der Waals surface area contributed by atoms with Crippen LogP contribution in [0.5, 0.6) is 5.75 Å². The highest BCUT2D eigenvalue weighted by molar-refractivity contribution is 7.99. The van der Waals surface area contributed by atoms with E-state index in [1.54, 1.807) is 26.1 Å². The van der Waals surface area contributed by atoms with Crippen molar-refractivity contribution >= 4 is 34.5 Å². The molecule has 0 aliphatic carbocycles. The van der Waals surface area contributed by atoms with Gasteiger partial charge in [0.1, 0.15) is 11.8 Å². The zero-order valence-electron chi connectivity index (χ0n) is 15.3. The van der Waals surface area contributed by atoms with E-state index in [4.69, 9.17) is 4.74 Å². The SMILES string of the molecule is COc1ccc2nc(C)cc(SCC(NC(=O)CN(C)C)C(=O)O)c2c1. The molecule has 0 fully saturated rings. The van der Waals surface area contributed by atoms with Crippen molar-refractivity contribution in [2.24, 2.45) is 0 Å². The number of aromatic nitrogens is 1. The van der Waals surface area contributed by atoms with Crippen molar-refractivity contribution in [1.29, 1.82) is 0 Å². The minimum absolute atomic E-state index is 0.142. The Morgan fingerprint density at radius 2 is 2.08 bits per heavy atom. The van der Waals surface area contributed by atoms with Gasteiger partial charge in [-0.2, -0.15) is 0 Å². The molecule has 0 saturated carbocycles. The molecule has 0 saturated heterocycles. The van der Waals surface area contributed by atoms with Crippen LogP contribution in [0.15, 0.2) is 29.2 Å². The lowest BCUT2D eigenvalue weighted by atomic mass is 10.2. The Morgan fingerprint density at radius 3 is 2.69 bits per heavy atom.